The van der Waals surface area contributed by atoms with Crippen LogP contribution in [0.5, 0.6) is 11.5 Å². The number of hydrogen-bond donors (Lipinski definition) is 1. The Bertz CT molecular complexity index is 564. The molecule has 1 aliphatic carbocycles. The topological polar surface area (TPSA) is 30.5 Å². The van der Waals surface area contributed by atoms with Crippen LogP contribution in [0.4, 0.5) is 0 Å². The fourth-order valence-corrected chi connectivity index (χ4v) is 2.98. The van der Waals surface area contributed by atoms with Crippen molar-refractivity contribution in [1.29, 1.82) is 0 Å². The van der Waals surface area contributed by atoms with Crippen LogP contribution in [0.15, 0.2) is 35.0 Å². The van der Waals surface area contributed by atoms with E-state index in [4.69, 9.17) is 9.47 Å². The third kappa shape index (κ3) is 3.99. The molecule has 4 heteroatoms. The highest BCUT2D eigenvalue weighted by molar-refractivity contribution is 7.07. The van der Waals surface area contributed by atoms with Crippen LogP contribution in [0.2, 0.25) is 0 Å². The Labute approximate surface area is 129 Å². The lowest BCUT2D eigenvalue weighted by molar-refractivity contribution is 0.294. The van der Waals surface area contributed by atoms with Gasteiger partial charge in [-0.25, -0.2) is 0 Å². The number of methoxy groups -OCH3 is 1. The highest BCUT2D eigenvalue weighted by Crippen LogP contribution is 2.32. The van der Waals surface area contributed by atoms with Crippen LogP contribution < -0.4 is 14.8 Å². The molecule has 0 amide bonds. The molecule has 1 aromatic heterocycles. The SMILES string of the molecule is COc1cccc(CNC2CC2)c1OCCc1ccsc1. The molecule has 1 fully saturated rings. The second-order valence-corrected chi connectivity index (χ2v) is 6.11. The van der Waals surface area contributed by atoms with Crippen molar-refractivity contribution in [2.75, 3.05) is 13.7 Å². The minimum Gasteiger partial charge on any atom is -0.493 e. The molecule has 0 saturated heterocycles. The van der Waals surface area contributed by atoms with Crippen molar-refractivity contribution >= 4 is 11.3 Å². The van der Waals surface area contributed by atoms with E-state index in [2.05, 4.69) is 28.2 Å². The third-order valence-corrected chi connectivity index (χ3v) is 4.39. The second-order valence-electron chi connectivity index (χ2n) is 5.33. The van der Waals surface area contributed by atoms with Gasteiger partial charge in [0.15, 0.2) is 11.5 Å². The smallest absolute Gasteiger partial charge is 0.165 e. The molecule has 0 unspecified atom stereocenters. The van der Waals surface area contributed by atoms with Crippen molar-refractivity contribution in [1.82, 2.24) is 5.32 Å². The summed E-state index contributed by atoms with van der Waals surface area (Å²) < 4.78 is 11.5. The number of thiophene rings is 1. The summed E-state index contributed by atoms with van der Waals surface area (Å²) in [4.78, 5) is 0. The van der Waals surface area contributed by atoms with E-state index >= 15 is 0 Å². The molecule has 0 aliphatic heterocycles. The van der Waals surface area contributed by atoms with Crippen molar-refractivity contribution in [3.05, 3.63) is 46.2 Å². The molecule has 21 heavy (non-hydrogen) atoms. The average Bonchev–Trinajstić information content (AvgIpc) is 3.20. The predicted octanol–water partition coefficient (Wildman–Crippen LogP) is 3.63. The molecule has 1 saturated carbocycles. The zero-order valence-corrected chi connectivity index (χ0v) is 13.1. The van der Waals surface area contributed by atoms with Gasteiger partial charge < -0.3 is 14.8 Å². The van der Waals surface area contributed by atoms with E-state index < -0.39 is 0 Å². The molecular formula is C17H21NO2S. The molecule has 112 valence electrons. The number of para-hydroxylation sites is 1. The van der Waals surface area contributed by atoms with E-state index in [0.29, 0.717) is 12.6 Å². The first kappa shape index (κ1) is 14.4. The fourth-order valence-electron chi connectivity index (χ4n) is 2.27. The van der Waals surface area contributed by atoms with Gasteiger partial charge in [-0.05, 0) is 41.3 Å². The molecule has 1 aliphatic rings. The van der Waals surface area contributed by atoms with Crippen LogP contribution >= 0.6 is 11.3 Å². The third-order valence-electron chi connectivity index (χ3n) is 3.66. The van der Waals surface area contributed by atoms with Crippen molar-refractivity contribution in [3.63, 3.8) is 0 Å². The number of nitrogens with one attached hydrogen (secondary N) is 1. The van der Waals surface area contributed by atoms with E-state index in [1.807, 2.05) is 12.1 Å². The first-order valence-electron chi connectivity index (χ1n) is 7.40. The first-order chi connectivity index (χ1) is 10.4. The highest BCUT2D eigenvalue weighted by Gasteiger charge is 2.21. The van der Waals surface area contributed by atoms with E-state index in [1.54, 1.807) is 18.4 Å². The maximum atomic E-state index is 6.02. The lowest BCUT2D eigenvalue weighted by Gasteiger charge is -2.15. The zero-order valence-electron chi connectivity index (χ0n) is 12.3. The molecule has 1 aromatic carbocycles. The molecule has 0 spiro atoms. The van der Waals surface area contributed by atoms with Crippen LogP contribution in [0.25, 0.3) is 0 Å². The van der Waals surface area contributed by atoms with Gasteiger partial charge in [0, 0.05) is 24.6 Å². The van der Waals surface area contributed by atoms with Crippen LogP contribution in [0.1, 0.15) is 24.0 Å². The summed E-state index contributed by atoms with van der Waals surface area (Å²) in [6.07, 6.45) is 3.51. The number of benzene rings is 1. The van der Waals surface area contributed by atoms with Gasteiger partial charge in [0.1, 0.15) is 0 Å². The Morgan fingerprint density at radius 3 is 2.90 bits per heavy atom. The molecular weight excluding hydrogens is 282 g/mol. The zero-order chi connectivity index (χ0) is 14.5. The lowest BCUT2D eigenvalue weighted by Crippen LogP contribution is -2.16. The van der Waals surface area contributed by atoms with Gasteiger partial charge in [-0.15, -0.1) is 0 Å². The van der Waals surface area contributed by atoms with Gasteiger partial charge in [-0.1, -0.05) is 12.1 Å². The Kier molecular flexibility index (Phi) is 4.78. The molecule has 1 heterocycles. The van der Waals surface area contributed by atoms with Crippen molar-refractivity contribution < 1.29 is 9.47 Å². The Morgan fingerprint density at radius 2 is 2.19 bits per heavy atom. The Hall–Kier alpha value is -1.52. The summed E-state index contributed by atoms with van der Waals surface area (Å²) in [6, 6.07) is 8.92. The predicted molar refractivity (Wildman–Crippen MR) is 86.4 cm³/mol. The number of hydrogen-bond acceptors (Lipinski definition) is 4. The number of ether oxygens (including phenoxy) is 2. The van der Waals surface area contributed by atoms with Crippen LogP contribution in [-0.4, -0.2) is 19.8 Å². The van der Waals surface area contributed by atoms with Crippen molar-refractivity contribution in [2.24, 2.45) is 0 Å². The summed E-state index contributed by atoms with van der Waals surface area (Å²) in [6.45, 7) is 1.52. The van der Waals surface area contributed by atoms with Crippen LogP contribution in [0, 0.1) is 0 Å². The van der Waals surface area contributed by atoms with Gasteiger partial charge in [-0.2, -0.15) is 11.3 Å². The number of rotatable bonds is 8. The van der Waals surface area contributed by atoms with Crippen LogP contribution in [0.3, 0.4) is 0 Å². The second kappa shape index (κ2) is 6.96. The van der Waals surface area contributed by atoms with Crippen LogP contribution in [-0.2, 0) is 13.0 Å². The molecule has 0 bridgehead atoms. The lowest BCUT2D eigenvalue weighted by atomic mass is 10.1. The molecule has 0 radical (unpaired) electrons. The van der Waals surface area contributed by atoms with E-state index in [9.17, 15) is 0 Å². The monoisotopic (exact) mass is 303 g/mol. The van der Waals surface area contributed by atoms with Gasteiger partial charge in [-0.3, -0.25) is 0 Å². The van der Waals surface area contributed by atoms with Gasteiger partial charge >= 0.3 is 0 Å². The molecule has 1 N–H and O–H groups in total. The quantitative estimate of drug-likeness (QED) is 0.808. The normalized spacial score (nSPS) is 14.1. The Balaban J connectivity index is 1.64. The fraction of sp³-hybridized carbons (Fsp3) is 0.412. The van der Waals surface area contributed by atoms with E-state index in [1.165, 1.54) is 24.0 Å². The summed E-state index contributed by atoms with van der Waals surface area (Å²) in [5, 5.41) is 7.80. The summed E-state index contributed by atoms with van der Waals surface area (Å²) >= 11 is 1.72. The van der Waals surface area contributed by atoms with Gasteiger partial charge in [0.2, 0.25) is 0 Å². The maximum absolute atomic E-state index is 6.02. The van der Waals surface area contributed by atoms with Crippen molar-refractivity contribution in [2.45, 2.75) is 31.8 Å². The maximum Gasteiger partial charge on any atom is 0.165 e. The van der Waals surface area contributed by atoms with Gasteiger partial charge in [0.05, 0.1) is 13.7 Å². The molecule has 2 aromatic rings. The van der Waals surface area contributed by atoms with Gasteiger partial charge in [0.25, 0.3) is 0 Å². The first-order valence-corrected chi connectivity index (χ1v) is 8.34. The summed E-state index contributed by atoms with van der Waals surface area (Å²) in [7, 11) is 1.69. The largest absolute Gasteiger partial charge is 0.493 e. The Morgan fingerprint density at radius 1 is 1.29 bits per heavy atom. The average molecular weight is 303 g/mol. The highest BCUT2D eigenvalue weighted by atomic mass is 32.1. The molecule has 0 atom stereocenters. The van der Waals surface area contributed by atoms with E-state index in [-0.39, 0.29) is 0 Å². The summed E-state index contributed by atoms with van der Waals surface area (Å²) in [5.74, 6) is 1.69. The van der Waals surface area contributed by atoms with E-state index in [0.717, 1.165) is 24.5 Å². The minimum absolute atomic E-state index is 0.674. The standard InChI is InChI=1S/C17H21NO2S/c1-19-16-4-2-3-14(11-18-15-5-6-15)17(16)20-9-7-13-8-10-21-12-13/h2-4,8,10,12,15,18H,5-7,9,11H2,1H3. The minimum atomic E-state index is 0.674. The molecule has 3 nitrogen and oxygen atoms in total. The summed E-state index contributed by atoms with van der Waals surface area (Å²) in [5.41, 5.74) is 2.50. The van der Waals surface area contributed by atoms with Crippen molar-refractivity contribution in [3.8, 4) is 11.5 Å². The molecule has 3 rings (SSSR count).